The van der Waals surface area contributed by atoms with Crippen LogP contribution in [0.1, 0.15) is 94.5 Å². The van der Waals surface area contributed by atoms with Gasteiger partial charge in [0.25, 0.3) is 0 Å². The van der Waals surface area contributed by atoms with E-state index < -0.39 is 33.3 Å². The molecule has 280 valence electrons. The van der Waals surface area contributed by atoms with Gasteiger partial charge >= 0.3 is 0 Å². The average Bonchev–Trinajstić information content (AvgIpc) is 2.87. The summed E-state index contributed by atoms with van der Waals surface area (Å²) >= 11 is 0. The standard InChI is InChI=1S/C37H76N2O5Si4/c1-34(2,3)45(13,14)41-27-30-32(43-47(17,18)36(7,8)9)33(44-48(19,20)37(10,11)12)31(42-46(15,16)35(4,5)6)25-39(30)24-28-22-21-23-29(26-40)38-28/h21-23,30-33,40H,24-27H2,1-20H3/t30-,31?,32?,33?/m1/s1. The normalized spacial score (nSPS) is 23.1. The van der Waals surface area contributed by atoms with Gasteiger partial charge in [-0.05, 0) is 84.7 Å². The van der Waals surface area contributed by atoms with Gasteiger partial charge in [0.2, 0.25) is 0 Å². The molecule has 0 radical (unpaired) electrons. The van der Waals surface area contributed by atoms with Crippen LogP contribution < -0.4 is 0 Å². The Kier molecular flexibility index (Phi) is 13.8. The van der Waals surface area contributed by atoms with Crippen LogP contribution in [0.5, 0.6) is 0 Å². The van der Waals surface area contributed by atoms with Gasteiger partial charge in [-0.25, -0.2) is 0 Å². The zero-order chi connectivity index (χ0) is 37.5. The van der Waals surface area contributed by atoms with Gasteiger partial charge in [0, 0.05) is 13.1 Å². The van der Waals surface area contributed by atoms with E-state index in [2.05, 4.69) is 146 Å². The molecule has 1 N–H and O–H groups in total. The monoisotopic (exact) mass is 740 g/mol. The number of aliphatic hydroxyl groups is 1. The maximum absolute atomic E-state index is 9.94. The first-order valence-electron chi connectivity index (χ1n) is 18.2. The van der Waals surface area contributed by atoms with E-state index in [-0.39, 0.29) is 51.1 Å². The van der Waals surface area contributed by atoms with E-state index in [1.165, 1.54) is 0 Å². The lowest BCUT2D eigenvalue weighted by atomic mass is 9.94. The zero-order valence-electron chi connectivity index (χ0n) is 34.8. The number of hydrogen-bond donors (Lipinski definition) is 1. The Bertz CT molecular complexity index is 1200. The van der Waals surface area contributed by atoms with Gasteiger partial charge in [-0.1, -0.05) is 89.2 Å². The summed E-state index contributed by atoms with van der Waals surface area (Å²) in [6.45, 7) is 48.3. The van der Waals surface area contributed by atoms with E-state index >= 15 is 0 Å². The van der Waals surface area contributed by atoms with Gasteiger partial charge in [-0.2, -0.15) is 0 Å². The maximum Gasteiger partial charge on any atom is 0.192 e. The highest BCUT2D eigenvalue weighted by Gasteiger charge is 2.55. The lowest BCUT2D eigenvalue weighted by molar-refractivity contribution is -0.131. The molecule has 0 bridgehead atoms. The molecule has 4 atom stereocenters. The van der Waals surface area contributed by atoms with Crippen LogP contribution in [0, 0.1) is 0 Å². The fourth-order valence-corrected chi connectivity index (χ4v) is 9.88. The van der Waals surface area contributed by atoms with Crippen molar-refractivity contribution in [2.75, 3.05) is 13.2 Å². The van der Waals surface area contributed by atoms with Gasteiger partial charge < -0.3 is 22.8 Å². The summed E-state index contributed by atoms with van der Waals surface area (Å²) in [5.74, 6) is 0. The van der Waals surface area contributed by atoms with Gasteiger partial charge in [-0.15, -0.1) is 0 Å². The quantitative estimate of drug-likeness (QED) is 0.214. The molecule has 0 aromatic carbocycles. The summed E-state index contributed by atoms with van der Waals surface area (Å²) in [6, 6.07) is 5.88. The van der Waals surface area contributed by atoms with Crippen molar-refractivity contribution < 1.29 is 22.8 Å². The van der Waals surface area contributed by atoms with Crippen LogP contribution in [0.3, 0.4) is 0 Å². The number of likely N-dealkylation sites (tertiary alicyclic amines) is 1. The summed E-state index contributed by atoms with van der Waals surface area (Å²) in [5, 5.41) is 10.1. The number of aromatic nitrogens is 1. The van der Waals surface area contributed by atoms with Gasteiger partial charge in [-0.3, -0.25) is 9.88 Å². The number of nitrogens with zero attached hydrogens (tertiary/aromatic N) is 2. The Morgan fingerprint density at radius 2 is 1.06 bits per heavy atom. The number of pyridine rings is 1. The van der Waals surface area contributed by atoms with Crippen molar-refractivity contribution in [2.45, 2.75) is 193 Å². The molecule has 2 rings (SSSR count). The summed E-state index contributed by atoms with van der Waals surface area (Å²) in [7, 11) is -8.89. The third kappa shape index (κ3) is 10.7. The fraction of sp³-hybridized carbons (Fsp3) is 0.865. The lowest BCUT2D eigenvalue weighted by Crippen LogP contribution is -2.70. The summed E-state index contributed by atoms with van der Waals surface area (Å²) in [5.41, 5.74) is 1.61. The van der Waals surface area contributed by atoms with E-state index in [0.717, 1.165) is 5.69 Å². The van der Waals surface area contributed by atoms with Gasteiger partial charge in [0.1, 0.15) is 0 Å². The van der Waals surface area contributed by atoms with Crippen molar-refractivity contribution in [3.05, 3.63) is 29.6 Å². The molecule has 11 heteroatoms. The summed E-state index contributed by atoms with van der Waals surface area (Å²) < 4.78 is 29.7. The van der Waals surface area contributed by atoms with Crippen LogP contribution in [0.15, 0.2) is 18.2 Å². The highest BCUT2D eigenvalue weighted by molar-refractivity contribution is 6.75. The first kappa shape index (κ1) is 43.9. The fourth-order valence-electron chi connectivity index (χ4n) is 4.90. The largest absolute Gasteiger partial charge is 0.415 e. The van der Waals surface area contributed by atoms with Gasteiger partial charge in [0.15, 0.2) is 33.3 Å². The molecule has 0 aliphatic carbocycles. The highest BCUT2D eigenvalue weighted by atomic mass is 28.4. The molecule has 7 nitrogen and oxygen atoms in total. The maximum atomic E-state index is 9.94. The Hall–Kier alpha value is -0.222. The van der Waals surface area contributed by atoms with Gasteiger partial charge in [0.05, 0.1) is 49.0 Å². The van der Waals surface area contributed by atoms with Crippen molar-refractivity contribution >= 4 is 33.3 Å². The molecule has 48 heavy (non-hydrogen) atoms. The van der Waals surface area contributed by atoms with Crippen LogP contribution in [-0.2, 0) is 30.9 Å². The summed E-state index contributed by atoms with van der Waals surface area (Å²) in [4.78, 5) is 7.36. The number of rotatable bonds is 12. The second-order valence-electron chi connectivity index (χ2n) is 20.4. The smallest absolute Gasteiger partial charge is 0.192 e. The Balaban J connectivity index is 2.89. The molecule has 1 aromatic heterocycles. The lowest BCUT2D eigenvalue weighted by Gasteiger charge is -2.56. The van der Waals surface area contributed by atoms with Crippen molar-refractivity contribution in [3.63, 3.8) is 0 Å². The number of hydrogen-bond acceptors (Lipinski definition) is 7. The van der Waals surface area contributed by atoms with E-state index in [0.29, 0.717) is 25.4 Å². The molecule has 1 saturated heterocycles. The van der Waals surface area contributed by atoms with Crippen molar-refractivity contribution in [1.29, 1.82) is 0 Å². The molecule has 1 aliphatic rings. The molecule has 0 spiro atoms. The SMILES string of the molecule is CC(C)(C)[Si](C)(C)OC[C@@H]1C(O[Si](C)(C)C(C)(C)C)C(O[Si](C)(C)C(C)(C)C)C(O[Si](C)(C)C(C)(C)C)CN1Cc1cccc(CO)n1. The molecular weight excluding hydrogens is 665 g/mol. The van der Waals surface area contributed by atoms with Crippen LogP contribution in [0.2, 0.25) is 72.5 Å². The number of aliphatic hydroxyl groups excluding tert-OH is 1. The molecule has 1 aliphatic heterocycles. The third-order valence-corrected chi connectivity index (χ3v) is 30.4. The molecule has 2 heterocycles. The summed E-state index contributed by atoms with van der Waals surface area (Å²) in [6.07, 6.45) is -0.676. The van der Waals surface area contributed by atoms with E-state index in [9.17, 15) is 5.11 Å². The first-order valence-corrected chi connectivity index (χ1v) is 29.9. The Morgan fingerprint density at radius 1 is 0.646 bits per heavy atom. The topological polar surface area (TPSA) is 73.3 Å². The molecular formula is C37H76N2O5Si4. The second-order valence-corrected chi connectivity index (χ2v) is 39.5. The predicted octanol–water partition coefficient (Wildman–Crippen LogP) is 9.95. The van der Waals surface area contributed by atoms with Crippen LogP contribution in [-0.4, -0.2) is 85.8 Å². The van der Waals surface area contributed by atoms with E-state index in [1.54, 1.807) is 0 Å². The minimum atomic E-state index is -2.30. The highest BCUT2D eigenvalue weighted by Crippen LogP contribution is 2.46. The third-order valence-electron chi connectivity index (χ3n) is 12.5. The second kappa shape index (κ2) is 15.0. The minimum Gasteiger partial charge on any atom is -0.415 e. The molecule has 1 aromatic rings. The first-order chi connectivity index (χ1) is 21.3. The molecule has 1 fully saturated rings. The minimum absolute atomic E-state index is 0.00837. The van der Waals surface area contributed by atoms with Crippen LogP contribution >= 0.6 is 0 Å². The average molecular weight is 741 g/mol. The Morgan fingerprint density at radius 3 is 1.50 bits per heavy atom. The van der Waals surface area contributed by atoms with Crippen molar-refractivity contribution in [3.8, 4) is 0 Å². The zero-order valence-corrected chi connectivity index (χ0v) is 38.8. The van der Waals surface area contributed by atoms with Crippen molar-refractivity contribution in [1.82, 2.24) is 9.88 Å². The van der Waals surface area contributed by atoms with Crippen molar-refractivity contribution in [2.24, 2.45) is 0 Å². The van der Waals surface area contributed by atoms with Crippen LogP contribution in [0.4, 0.5) is 0 Å². The van der Waals surface area contributed by atoms with E-state index in [1.807, 2.05) is 12.1 Å². The molecule has 0 amide bonds. The molecule has 0 saturated carbocycles. The predicted molar refractivity (Wildman–Crippen MR) is 214 cm³/mol. The Labute approximate surface area is 300 Å². The molecule has 3 unspecified atom stereocenters. The van der Waals surface area contributed by atoms with Crippen LogP contribution in [0.25, 0.3) is 0 Å². The number of piperidine rings is 1. The van der Waals surface area contributed by atoms with E-state index in [4.69, 9.17) is 22.7 Å².